The van der Waals surface area contributed by atoms with E-state index in [1.54, 1.807) is 0 Å². The lowest BCUT2D eigenvalue weighted by Gasteiger charge is -2.17. The van der Waals surface area contributed by atoms with Crippen molar-refractivity contribution in [2.24, 2.45) is 5.73 Å². The maximum Gasteiger partial charge on any atom is 0.0584 e. The average Bonchev–Trinajstić information content (AvgIpc) is 2.30. The molecule has 0 amide bonds. The van der Waals surface area contributed by atoms with Crippen molar-refractivity contribution >= 4 is 0 Å². The summed E-state index contributed by atoms with van der Waals surface area (Å²) in [6.45, 7) is 4.85. The molecule has 0 aromatic carbocycles. The normalized spacial score (nSPS) is 11.0. The van der Waals surface area contributed by atoms with E-state index in [-0.39, 0.29) is 0 Å². The summed E-state index contributed by atoms with van der Waals surface area (Å²) in [5.41, 5.74) is 7.94. The van der Waals surface area contributed by atoms with Crippen LogP contribution in [0.4, 0.5) is 0 Å². The Morgan fingerprint density at radius 3 is 2.88 bits per heavy atom. The highest BCUT2D eigenvalue weighted by molar-refractivity contribution is 5.19. The number of hydrogen-bond acceptors (Lipinski definition) is 3. The van der Waals surface area contributed by atoms with Crippen LogP contribution >= 0.6 is 0 Å². The third-order valence-electron chi connectivity index (χ3n) is 2.76. The second-order valence-corrected chi connectivity index (χ2v) is 4.26. The molecule has 0 aliphatic carbocycles. The van der Waals surface area contributed by atoms with Gasteiger partial charge < -0.3 is 10.6 Å². The zero-order valence-electron chi connectivity index (χ0n) is 10.4. The molecule has 2 N–H and O–H groups in total. The topological polar surface area (TPSA) is 42.2 Å². The number of unbranched alkanes of at least 4 members (excludes halogenated alkanes) is 2. The van der Waals surface area contributed by atoms with Crippen LogP contribution in [0.1, 0.15) is 37.4 Å². The molecule has 0 aliphatic heterocycles. The molecule has 0 unspecified atom stereocenters. The fraction of sp³-hybridized carbons (Fsp3) is 0.615. The highest BCUT2D eigenvalue weighted by Crippen LogP contribution is 2.08. The average molecular weight is 221 g/mol. The Kier molecular flexibility index (Phi) is 6.04. The Bertz CT molecular complexity index is 299. The number of pyridine rings is 1. The van der Waals surface area contributed by atoms with Crippen LogP contribution < -0.4 is 5.73 Å². The number of nitrogens with zero attached hydrogens (tertiary/aromatic N) is 2. The van der Waals surface area contributed by atoms with E-state index < -0.39 is 0 Å². The van der Waals surface area contributed by atoms with Crippen LogP contribution in [0.5, 0.6) is 0 Å². The van der Waals surface area contributed by atoms with E-state index in [4.69, 9.17) is 5.73 Å². The summed E-state index contributed by atoms with van der Waals surface area (Å²) in [7, 11) is 2.16. The van der Waals surface area contributed by atoms with Crippen LogP contribution in [0, 0.1) is 0 Å². The van der Waals surface area contributed by atoms with Gasteiger partial charge in [0.25, 0.3) is 0 Å². The van der Waals surface area contributed by atoms with E-state index in [2.05, 4.69) is 29.9 Å². The van der Waals surface area contributed by atoms with Gasteiger partial charge in [0, 0.05) is 19.3 Å². The smallest absolute Gasteiger partial charge is 0.0584 e. The van der Waals surface area contributed by atoms with Crippen LogP contribution in [0.25, 0.3) is 0 Å². The molecule has 1 rings (SSSR count). The minimum Gasteiger partial charge on any atom is -0.325 e. The number of hydrogen-bond donors (Lipinski definition) is 1. The Labute approximate surface area is 98.7 Å². The zero-order chi connectivity index (χ0) is 11.8. The van der Waals surface area contributed by atoms with Crippen LogP contribution in [0.3, 0.4) is 0 Å². The molecule has 1 aromatic rings. The first kappa shape index (κ1) is 13.1. The van der Waals surface area contributed by atoms with E-state index in [1.807, 2.05) is 12.3 Å². The zero-order valence-corrected chi connectivity index (χ0v) is 10.4. The fourth-order valence-corrected chi connectivity index (χ4v) is 1.80. The van der Waals surface area contributed by atoms with Gasteiger partial charge in [-0.1, -0.05) is 25.8 Å². The van der Waals surface area contributed by atoms with Gasteiger partial charge in [0.2, 0.25) is 0 Å². The predicted octanol–water partition coefficient (Wildman–Crippen LogP) is 2.16. The molecule has 90 valence electrons. The van der Waals surface area contributed by atoms with Crippen molar-refractivity contribution in [3.8, 4) is 0 Å². The molecule has 1 aromatic heterocycles. The van der Waals surface area contributed by atoms with Crippen LogP contribution in [0.15, 0.2) is 18.3 Å². The molecule has 16 heavy (non-hydrogen) atoms. The molecular formula is C13H23N3. The molecule has 0 bridgehead atoms. The van der Waals surface area contributed by atoms with E-state index in [0.717, 1.165) is 18.8 Å². The van der Waals surface area contributed by atoms with Gasteiger partial charge in [-0.3, -0.25) is 4.98 Å². The van der Waals surface area contributed by atoms with Gasteiger partial charge in [-0.05, 0) is 31.6 Å². The summed E-state index contributed by atoms with van der Waals surface area (Å²) < 4.78 is 0. The molecule has 3 nitrogen and oxygen atoms in total. The highest BCUT2D eigenvalue weighted by Gasteiger charge is 2.04. The third-order valence-corrected chi connectivity index (χ3v) is 2.76. The lowest BCUT2D eigenvalue weighted by atomic mass is 10.1. The Hall–Kier alpha value is -0.930. The van der Waals surface area contributed by atoms with Gasteiger partial charge in [-0.15, -0.1) is 0 Å². The van der Waals surface area contributed by atoms with Crippen molar-refractivity contribution in [3.05, 3.63) is 29.6 Å². The summed E-state index contributed by atoms with van der Waals surface area (Å²) >= 11 is 0. The summed E-state index contributed by atoms with van der Waals surface area (Å²) in [6, 6.07) is 4.10. The predicted molar refractivity (Wildman–Crippen MR) is 68.0 cm³/mol. The van der Waals surface area contributed by atoms with Gasteiger partial charge in [-0.2, -0.15) is 0 Å². The molecule has 0 saturated heterocycles. The Balaban J connectivity index is 2.45. The van der Waals surface area contributed by atoms with Gasteiger partial charge >= 0.3 is 0 Å². The van der Waals surface area contributed by atoms with Gasteiger partial charge in [0.1, 0.15) is 0 Å². The standard InChI is InChI=1S/C13H23N3/c1-3-4-5-9-16(2)11-12-7-6-8-15-13(12)10-14/h6-8H,3-5,9-11,14H2,1-2H3. The number of rotatable bonds is 7. The van der Waals surface area contributed by atoms with Crippen molar-refractivity contribution in [1.29, 1.82) is 0 Å². The first-order valence-corrected chi connectivity index (χ1v) is 6.09. The van der Waals surface area contributed by atoms with Crippen molar-refractivity contribution in [3.63, 3.8) is 0 Å². The molecular weight excluding hydrogens is 198 g/mol. The lowest BCUT2D eigenvalue weighted by molar-refractivity contribution is 0.316. The third kappa shape index (κ3) is 4.29. The van der Waals surface area contributed by atoms with Crippen molar-refractivity contribution in [2.75, 3.05) is 13.6 Å². The summed E-state index contributed by atoms with van der Waals surface area (Å²) in [5, 5.41) is 0. The molecule has 0 saturated carbocycles. The monoisotopic (exact) mass is 221 g/mol. The molecule has 0 atom stereocenters. The van der Waals surface area contributed by atoms with Gasteiger partial charge in [0.05, 0.1) is 5.69 Å². The first-order chi connectivity index (χ1) is 7.77. The maximum atomic E-state index is 5.67. The number of aromatic nitrogens is 1. The van der Waals surface area contributed by atoms with Crippen molar-refractivity contribution < 1.29 is 0 Å². The van der Waals surface area contributed by atoms with Crippen LogP contribution in [-0.2, 0) is 13.1 Å². The van der Waals surface area contributed by atoms with E-state index in [9.17, 15) is 0 Å². The minimum absolute atomic E-state index is 0.527. The maximum absolute atomic E-state index is 5.67. The largest absolute Gasteiger partial charge is 0.325 e. The highest BCUT2D eigenvalue weighted by atomic mass is 15.1. The number of nitrogens with two attached hydrogens (primary N) is 1. The molecule has 0 spiro atoms. The van der Waals surface area contributed by atoms with E-state index in [0.29, 0.717) is 6.54 Å². The lowest BCUT2D eigenvalue weighted by Crippen LogP contribution is -2.20. The van der Waals surface area contributed by atoms with Crippen molar-refractivity contribution in [1.82, 2.24) is 9.88 Å². The van der Waals surface area contributed by atoms with Gasteiger partial charge in [0.15, 0.2) is 0 Å². The van der Waals surface area contributed by atoms with E-state index in [1.165, 1.54) is 24.8 Å². The molecule has 1 heterocycles. The quantitative estimate of drug-likeness (QED) is 0.717. The summed E-state index contributed by atoms with van der Waals surface area (Å²) in [4.78, 5) is 6.63. The fourth-order valence-electron chi connectivity index (χ4n) is 1.80. The van der Waals surface area contributed by atoms with Crippen LogP contribution in [0.2, 0.25) is 0 Å². The van der Waals surface area contributed by atoms with E-state index >= 15 is 0 Å². The SMILES string of the molecule is CCCCCN(C)Cc1cccnc1CN. The second-order valence-electron chi connectivity index (χ2n) is 4.26. The minimum atomic E-state index is 0.527. The Morgan fingerprint density at radius 2 is 2.19 bits per heavy atom. The summed E-state index contributed by atoms with van der Waals surface area (Å²) in [5.74, 6) is 0. The molecule has 0 aliphatic rings. The Morgan fingerprint density at radius 1 is 1.38 bits per heavy atom. The molecule has 0 radical (unpaired) electrons. The van der Waals surface area contributed by atoms with Gasteiger partial charge in [-0.25, -0.2) is 0 Å². The first-order valence-electron chi connectivity index (χ1n) is 6.09. The second kappa shape index (κ2) is 7.36. The molecule has 0 fully saturated rings. The van der Waals surface area contributed by atoms with Crippen molar-refractivity contribution in [2.45, 2.75) is 39.3 Å². The van der Waals surface area contributed by atoms with Crippen LogP contribution in [-0.4, -0.2) is 23.5 Å². The molecule has 3 heteroatoms. The summed E-state index contributed by atoms with van der Waals surface area (Å²) in [6.07, 6.45) is 5.66.